The highest BCUT2D eigenvalue weighted by atomic mass is 32.1. The highest BCUT2D eigenvalue weighted by Gasteiger charge is 2.27. The van der Waals surface area contributed by atoms with E-state index < -0.39 is 12.1 Å². The maximum absolute atomic E-state index is 12.3. The van der Waals surface area contributed by atoms with E-state index in [0.717, 1.165) is 29.1 Å². The molecule has 0 radical (unpaired) electrons. The van der Waals surface area contributed by atoms with Crippen molar-refractivity contribution in [2.75, 3.05) is 0 Å². The van der Waals surface area contributed by atoms with Crippen LogP contribution in [0.1, 0.15) is 50.0 Å². The van der Waals surface area contributed by atoms with Gasteiger partial charge in [-0.05, 0) is 37.1 Å². The Morgan fingerprint density at radius 2 is 2.12 bits per heavy atom. The molecule has 3 rings (SSSR count). The summed E-state index contributed by atoms with van der Waals surface area (Å²) in [5.41, 5.74) is 0.249. The second-order valence-electron chi connectivity index (χ2n) is 6.44. The van der Waals surface area contributed by atoms with Crippen LogP contribution in [-0.2, 0) is 9.53 Å². The lowest BCUT2D eigenvalue weighted by Crippen LogP contribution is -2.46. The molecule has 1 aliphatic carbocycles. The van der Waals surface area contributed by atoms with E-state index >= 15 is 0 Å². The summed E-state index contributed by atoms with van der Waals surface area (Å²) in [6.07, 6.45) is 3.64. The van der Waals surface area contributed by atoms with Gasteiger partial charge >= 0.3 is 5.97 Å². The minimum absolute atomic E-state index is 0.173. The van der Waals surface area contributed by atoms with Crippen molar-refractivity contribution in [2.45, 2.75) is 51.7 Å². The number of hydrogen-bond acceptors (Lipinski definition) is 6. The molecule has 0 aliphatic heterocycles. The van der Waals surface area contributed by atoms with Gasteiger partial charge in [0, 0.05) is 11.4 Å². The van der Waals surface area contributed by atoms with Crippen LogP contribution < -0.4 is 5.32 Å². The normalized spacial score (nSPS) is 21.5. The molecule has 7 heteroatoms. The first kappa shape index (κ1) is 18.1. The first-order chi connectivity index (χ1) is 12.0. The number of hydrogen-bond donors (Lipinski definition) is 1. The molecule has 0 spiro atoms. The van der Waals surface area contributed by atoms with E-state index in [-0.39, 0.29) is 17.6 Å². The Morgan fingerprint density at radius 3 is 2.84 bits per heavy atom. The van der Waals surface area contributed by atoms with E-state index in [1.54, 1.807) is 23.6 Å². The molecular formula is C18H22N2O3S2. The topological polar surface area (TPSA) is 68.3 Å². The Morgan fingerprint density at radius 1 is 1.32 bits per heavy atom. The van der Waals surface area contributed by atoms with Gasteiger partial charge in [-0.15, -0.1) is 22.7 Å². The molecular weight excluding hydrogens is 356 g/mol. The molecule has 3 atom stereocenters. The Hall–Kier alpha value is -1.73. The number of thiazole rings is 1. The maximum Gasteiger partial charge on any atom is 0.358 e. The Bertz CT molecular complexity index is 727. The number of carbonyl (C=O) groups is 2. The van der Waals surface area contributed by atoms with Gasteiger partial charge in [0.05, 0.1) is 4.88 Å². The minimum Gasteiger partial charge on any atom is -0.448 e. The molecule has 1 fully saturated rings. The van der Waals surface area contributed by atoms with Crippen LogP contribution >= 0.6 is 22.7 Å². The van der Waals surface area contributed by atoms with Gasteiger partial charge in [-0.1, -0.05) is 25.8 Å². The third-order valence-corrected chi connectivity index (χ3v) is 6.42. The van der Waals surface area contributed by atoms with E-state index in [4.69, 9.17) is 4.74 Å². The molecule has 0 unspecified atom stereocenters. The summed E-state index contributed by atoms with van der Waals surface area (Å²) in [7, 11) is 0. The standard InChI is InChI=1S/C18H22N2O3S2/c1-11-6-3-4-7-13(11)19-16(21)12(2)23-18(22)14-10-25-17(20-14)15-8-5-9-24-15/h5,8-13H,3-4,6-7H2,1-2H3,(H,19,21)/t11-,12-,13+/m1/s1. The summed E-state index contributed by atoms with van der Waals surface area (Å²) in [5, 5.41) is 7.45. The van der Waals surface area contributed by atoms with Crippen LogP contribution in [0.25, 0.3) is 9.88 Å². The number of ether oxygens (including phenoxy) is 1. The number of amides is 1. The van der Waals surface area contributed by atoms with Crippen molar-refractivity contribution in [1.29, 1.82) is 0 Å². The molecule has 2 aromatic heterocycles. The highest BCUT2D eigenvalue weighted by Crippen LogP contribution is 2.28. The monoisotopic (exact) mass is 378 g/mol. The quantitative estimate of drug-likeness (QED) is 0.795. The van der Waals surface area contributed by atoms with Crippen LogP contribution in [0.15, 0.2) is 22.9 Å². The second-order valence-corrected chi connectivity index (χ2v) is 8.25. The van der Waals surface area contributed by atoms with Crippen molar-refractivity contribution in [1.82, 2.24) is 10.3 Å². The van der Waals surface area contributed by atoms with E-state index in [1.807, 2.05) is 17.5 Å². The number of nitrogens with zero attached hydrogens (tertiary/aromatic N) is 1. The van der Waals surface area contributed by atoms with Gasteiger partial charge < -0.3 is 10.1 Å². The molecule has 1 amide bonds. The van der Waals surface area contributed by atoms with Crippen LogP contribution in [0.3, 0.4) is 0 Å². The predicted octanol–water partition coefficient (Wildman–Crippen LogP) is 4.11. The van der Waals surface area contributed by atoms with Gasteiger partial charge in [0.25, 0.3) is 5.91 Å². The maximum atomic E-state index is 12.3. The fourth-order valence-electron chi connectivity index (χ4n) is 2.99. The number of rotatable bonds is 5. The van der Waals surface area contributed by atoms with Crippen molar-refractivity contribution in [3.8, 4) is 9.88 Å². The lowest BCUT2D eigenvalue weighted by molar-refractivity contribution is -0.130. The van der Waals surface area contributed by atoms with Gasteiger partial charge in [-0.25, -0.2) is 9.78 Å². The molecule has 0 aromatic carbocycles. The molecule has 2 aromatic rings. The summed E-state index contributed by atoms with van der Waals surface area (Å²) in [6, 6.07) is 4.07. The van der Waals surface area contributed by atoms with Crippen molar-refractivity contribution >= 4 is 34.6 Å². The average molecular weight is 379 g/mol. The number of aromatic nitrogens is 1. The van der Waals surface area contributed by atoms with Crippen LogP contribution in [0.2, 0.25) is 0 Å². The van der Waals surface area contributed by atoms with Gasteiger partial charge in [0.1, 0.15) is 5.01 Å². The summed E-state index contributed by atoms with van der Waals surface area (Å²) >= 11 is 2.97. The zero-order chi connectivity index (χ0) is 17.8. The van der Waals surface area contributed by atoms with Crippen LogP contribution in [0.4, 0.5) is 0 Å². The molecule has 0 saturated heterocycles. The lowest BCUT2D eigenvalue weighted by atomic mass is 9.86. The molecule has 0 bridgehead atoms. The average Bonchev–Trinajstić information content (AvgIpc) is 3.28. The van der Waals surface area contributed by atoms with Crippen LogP contribution in [0.5, 0.6) is 0 Å². The van der Waals surface area contributed by atoms with E-state index in [9.17, 15) is 9.59 Å². The van der Waals surface area contributed by atoms with Gasteiger partial charge in [-0.2, -0.15) is 0 Å². The Kier molecular flexibility index (Phi) is 5.86. The fraction of sp³-hybridized carbons (Fsp3) is 0.500. The van der Waals surface area contributed by atoms with Gasteiger partial charge in [0.2, 0.25) is 0 Å². The van der Waals surface area contributed by atoms with E-state index in [2.05, 4.69) is 17.2 Å². The lowest BCUT2D eigenvalue weighted by Gasteiger charge is -2.30. The first-order valence-corrected chi connectivity index (χ1v) is 10.3. The molecule has 25 heavy (non-hydrogen) atoms. The Balaban J connectivity index is 1.55. The number of thiophene rings is 1. The predicted molar refractivity (Wildman–Crippen MR) is 99.9 cm³/mol. The first-order valence-electron chi connectivity index (χ1n) is 8.55. The summed E-state index contributed by atoms with van der Waals surface area (Å²) in [6.45, 7) is 3.76. The third kappa shape index (κ3) is 4.46. The van der Waals surface area contributed by atoms with Crippen molar-refractivity contribution in [3.63, 3.8) is 0 Å². The third-order valence-electron chi connectivity index (χ3n) is 4.54. The smallest absolute Gasteiger partial charge is 0.358 e. The largest absolute Gasteiger partial charge is 0.448 e. The fourth-order valence-corrected chi connectivity index (χ4v) is 4.59. The number of nitrogens with one attached hydrogen (secondary N) is 1. The van der Waals surface area contributed by atoms with Crippen molar-refractivity contribution < 1.29 is 14.3 Å². The molecule has 2 heterocycles. The van der Waals surface area contributed by atoms with Crippen molar-refractivity contribution in [2.24, 2.45) is 5.92 Å². The number of esters is 1. The molecule has 134 valence electrons. The highest BCUT2D eigenvalue weighted by molar-refractivity contribution is 7.20. The molecule has 1 aliphatic rings. The van der Waals surface area contributed by atoms with E-state index in [1.165, 1.54) is 17.8 Å². The zero-order valence-electron chi connectivity index (χ0n) is 14.4. The van der Waals surface area contributed by atoms with Crippen LogP contribution in [-0.4, -0.2) is 29.0 Å². The Labute approximate surface area is 155 Å². The molecule has 1 saturated carbocycles. The number of carbonyl (C=O) groups excluding carboxylic acids is 2. The van der Waals surface area contributed by atoms with E-state index in [0.29, 0.717) is 5.92 Å². The summed E-state index contributed by atoms with van der Waals surface area (Å²) in [4.78, 5) is 29.9. The summed E-state index contributed by atoms with van der Waals surface area (Å²) < 4.78 is 5.30. The van der Waals surface area contributed by atoms with Crippen LogP contribution in [0, 0.1) is 5.92 Å². The zero-order valence-corrected chi connectivity index (χ0v) is 16.0. The van der Waals surface area contributed by atoms with Gasteiger partial charge in [-0.3, -0.25) is 4.79 Å². The molecule has 5 nitrogen and oxygen atoms in total. The molecule has 1 N–H and O–H groups in total. The van der Waals surface area contributed by atoms with Gasteiger partial charge in [0.15, 0.2) is 11.8 Å². The minimum atomic E-state index is -0.825. The summed E-state index contributed by atoms with van der Waals surface area (Å²) in [5.74, 6) is -0.327. The SMILES string of the molecule is C[C@@H]1CCCC[C@@H]1NC(=O)[C@@H](C)OC(=O)c1csc(-c2cccs2)n1. The second kappa shape index (κ2) is 8.10. The van der Waals surface area contributed by atoms with Crippen molar-refractivity contribution in [3.05, 3.63) is 28.6 Å².